The zero-order valence-electron chi connectivity index (χ0n) is 16.2. The van der Waals surface area contributed by atoms with Crippen molar-refractivity contribution in [3.63, 3.8) is 0 Å². The Labute approximate surface area is 182 Å². The first kappa shape index (κ1) is 34.3. The Morgan fingerprint density at radius 1 is 0.560 bits per heavy atom. The molecule has 0 saturated heterocycles. The van der Waals surface area contributed by atoms with Crippen molar-refractivity contribution in [1.82, 2.24) is 0 Å². The fourth-order valence-corrected chi connectivity index (χ4v) is 3.52. The van der Waals surface area contributed by atoms with Gasteiger partial charge in [-0.15, -0.1) is 0 Å². The summed E-state index contributed by atoms with van der Waals surface area (Å²) in [5, 5.41) is 0. The van der Waals surface area contributed by atoms with E-state index >= 15 is 0 Å². The van der Waals surface area contributed by atoms with Crippen LogP contribution >= 0.6 is 22.8 Å². The molecule has 3 atom stereocenters. The van der Waals surface area contributed by atoms with Crippen LogP contribution in [0.3, 0.4) is 0 Å². The van der Waals surface area contributed by atoms with Gasteiger partial charge in [-0.25, -0.2) is 0 Å². The minimum absolute atomic E-state index is 0. The predicted molar refractivity (Wildman–Crippen MR) is 95.9 cm³/mol. The van der Waals surface area contributed by atoms with E-state index in [0.29, 0.717) is 0 Å². The first-order valence-electron chi connectivity index (χ1n) is 7.21. The van der Waals surface area contributed by atoms with Crippen molar-refractivity contribution in [2.24, 2.45) is 0 Å². The molecule has 3 N–H and O–H groups in total. The SMILES string of the molecule is CC(C)OP(C)(=O)O.CC(C)OP(C)(=O)O.CC(C)OP(C)(=O)O.[Tb]. The van der Waals surface area contributed by atoms with E-state index in [0.717, 1.165) is 0 Å². The average molecular weight is 573 g/mol. The number of rotatable bonds is 6. The van der Waals surface area contributed by atoms with E-state index in [1.165, 1.54) is 20.0 Å². The van der Waals surface area contributed by atoms with Gasteiger partial charge in [-0.1, -0.05) is 0 Å². The van der Waals surface area contributed by atoms with E-state index in [4.69, 9.17) is 14.7 Å². The van der Waals surface area contributed by atoms with Gasteiger partial charge in [-0.05, 0) is 41.5 Å². The second kappa shape index (κ2) is 15.6. The van der Waals surface area contributed by atoms with Gasteiger partial charge in [0.2, 0.25) is 0 Å². The third-order valence-corrected chi connectivity index (χ3v) is 3.66. The second-order valence-corrected chi connectivity index (χ2v) is 11.3. The zero-order valence-corrected chi connectivity index (χ0v) is 21.0. The summed E-state index contributed by atoms with van der Waals surface area (Å²) in [5.74, 6) is 0. The third-order valence-electron chi connectivity index (χ3n) is 1.22. The molecule has 3 unspecified atom stereocenters. The molecular formula is C12H33O9P3Tb. The molecule has 0 fully saturated rings. The van der Waals surface area contributed by atoms with Crippen molar-refractivity contribution < 1.29 is 80.6 Å². The standard InChI is InChI=1S/3C4H11O3P.Tb/c3*1-4(2)7-8(3,5)6;/h3*4H,1-3H3,(H,5,6);. The van der Waals surface area contributed by atoms with Gasteiger partial charge in [0.15, 0.2) is 0 Å². The summed E-state index contributed by atoms with van der Waals surface area (Å²) < 4.78 is 44.7. The van der Waals surface area contributed by atoms with Crippen LogP contribution in [-0.4, -0.2) is 53.0 Å². The quantitative estimate of drug-likeness (QED) is 0.406. The van der Waals surface area contributed by atoms with Crippen molar-refractivity contribution in [3.8, 4) is 0 Å². The Morgan fingerprint density at radius 3 is 0.680 bits per heavy atom. The maximum absolute atomic E-state index is 10.4. The van der Waals surface area contributed by atoms with Gasteiger partial charge >= 0.3 is 22.8 Å². The summed E-state index contributed by atoms with van der Waals surface area (Å²) in [5.41, 5.74) is 0. The minimum Gasteiger partial charge on any atom is -0.324 e. The molecule has 0 amide bonds. The molecule has 159 valence electrons. The number of hydrogen-bond acceptors (Lipinski definition) is 6. The molecule has 0 saturated carbocycles. The molecule has 0 aromatic rings. The predicted octanol–water partition coefficient (Wildman–Crippen LogP) is 3.68. The third kappa shape index (κ3) is 51.8. The molecule has 0 bridgehead atoms. The van der Waals surface area contributed by atoms with Gasteiger partial charge in [0.05, 0.1) is 18.3 Å². The Bertz CT molecular complexity index is 384. The van der Waals surface area contributed by atoms with Gasteiger partial charge in [0.25, 0.3) is 0 Å². The summed E-state index contributed by atoms with van der Waals surface area (Å²) in [6, 6.07) is 0. The van der Waals surface area contributed by atoms with Crippen LogP contribution in [0.2, 0.25) is 0 Å². The van der Waals surface area contributed by atoms with Crippen LogP contribution in [0.1, 0.15) is 41.5 Å². The van der Waals surface area contributed by atoms with Gasteiger partial charge < -0.3 is 28.3 Å². The maximum Gasteiger partial charge on any atom is 0.325 e. The smallest absolute Gasteiger partial charge is 0.324 e. The molecule has 0 aliphatic rings. The molecule has 0 aromatic carbocycles. The topological polar surface area (TPSA) is 140 Å². The van der Waals surface area contributed by atoms with Gasteiger partial charge in [0.1, 0.15) is 0 Å². The first-order chi connectivity index (χ1) is 10.2. The summed E-state index contributed by atoms with van der Waals surface area (Å²) >= 11 is 0. The van der Waals surface area contributed by atoms with E-state index < -0.39 is 22.8 Å². The van der Waals surface area contributed by atoms with E-state index in [2.05, 4.69) is 13.6 Å². The summed E-state index contributed by atoms with van der Waals surface area (Å²) in [6.07, 6.45) is -0.512. The monoisotopic (exact) mass is 573 g/mol. The zero-order chi connectivity index (χ0) is 20.4. The molecule has 0 aliphatic heterocycles. The van der Waals surface area contributed by atoms with Gasteiger partial charge in [-0.3, -0.25) is 13.7 Å². The molecular weight excluding hydrogens is 540 g/mol. The Kier molecular flexibility index (Phi) is 21.4. The fourth-order valence-electron chi connectivity index (χ4n) is 1.17. The summed E-state index contributed by atoms with van der Waals surface area (Å²) in [4.78, 5) is 25.6. The summed E-state index contributed by atoms with van der Waals surface area (Å²) in [7, 11) is -9.67. The van der Waals surface area contributed by atoms with E-state index in [9.17, 15) is 13.7 Å². The Morgan fingerprint density at radius 2 is 0.680 bits per heavy atom. The Balaban J connectivity index is -0.000000130. The van der Waals surface area contributed by atoms with Crippen molar-refractivity contribution in [3.05, 3.63) is 0 Å². The molecule has 0 rings (SSSR count). The van der Waals surface area contributed by atoms with E-state index in [1.54, 1.807) is 41.5 Å². The molecule has 1 radical (unpaired) electrons. The van der Waals surface area contributed by atoms with Crippen LogP contribution in [-0.2, 0) is 27.3 Å². The van der Waals surface area contributed by atoms with Crippen molar-refractivity contribution in [2.75, 3.05) is 20.0 Å². The van der Waals surface area contributed by atoms with Crippen molar-refractivity contribution in [2.45, 2.75) is 59.9 Å². The average Bonchev–Trinajstić information content (AvgIpc) is 2.04. The molecule has 0 spiro atoms. The fraction of sp³-hybridized carbons (Fsp3) is 1.00. The molecule has 0 aromatic heterocycles. The van der Waals surface area contributed by atoms with Crippen LogP contribution < -0.4 is 0 Å². The van der Waals surface area contributed by atoms with Crippen LogP contribution in [0.15, 0.2) is 0 Å². The molecule has 25 heavy (non-hydrogen) atoms. The Hall–Kier alpha value is 1.74. The van der Waals surface area contributed by atoms with Crippen LogP contribution in [0, 0.1) is 38.6 Å². The largest absolute Gasteiger partial charge is 0.325 e. The minimum atomic E-state index is -3.22. The van der Waals surface area contributed by atoms with Crippen LogP contribution in [0.25, 0.3) is 0 Å². The first-order valence-corrected chi connectivity index (χ1v) is 13.3. The molecule has 9 nitrogen and oxygen atoms in total. The van der Waals surface area contributed by atoms with Crippen LogP contribution in [0.4, 0.5) is 0 Å². The molecule has 13 heteroatoms. The van der Waals surface area contributed by atoms with E-state index in [-0.39, 0.29) is 56.9 Å². The van der Waals surface area contributed by atoms with Crippen molar-refractivity contribution in [1.29, 1.82) is 0 Å². The van der Waals surface area contributed by atoms with Gasteiger partial charge in [0, 0.05) is 58.6 Å². The number of hydrogen-bond donors (Lipinski definition) is 3. The normalized spacial score (nSPS) is 17.9. The van der Waals surface area contributed by atoms with E-state index in [1.807, 2.05) is 0 Å². The second-order valence-electron chi connectivity index (χ2n) is 5.87. The maximum atomic E-state index is 10.4. The molecule has 0 heterocycles. The summed E-state index contributed by atoms with van der Waals surface area (Å²) in [6.45, 7) is 13.8. The van der Waals surface area contributed by atoms with Crippen molar-refractivity contribution >= 4 is 22.8 Å². The molecule has 0 aliphatic carbocycles. The van der Waals surface area contributed by atoms with Gasteiger partial charge in [-0.2, -0.15) is 0 Å². The van der Waals surface area contributed by atoms with Crippen LogP contribution in [0.5, 0.6) is 0 Å².